The summed E-state index contributed by atoms with van der Waals surface area (Å²) in [5.74, 6) is -1.48. The van der Waals surface area contributed by atoms with Gasteiger partial charge in [-0.2, -0.15) is 0 Å². The number of benzene rings is 4. The molecule has 7 nitrogen and oxygen atoms in total. The molecular formula is C32H31ClFN3O4S. The molecule has 2 amide bonds. The minimum Gasteiger partial charge on any atom is -0.357 e. The Morgan fingerprint density at radius 3 is 2.07 bits per heavy atom. The molecule has 0 aliphatic rings. The zero-order valence-corrected chi connectivity index (χ0v) is 24.8. The Labute approximate surface area is 250 Å². The molecule has 10 heteroatoms. The van der Waals surface area contributed by atoms with E-state index in [2.05, 4.69) is 5.32 Å². The zero-order valence-electron chi connectivity index (χ0n) is 23.2. The summed E-state index contributed by atoms with van der Waals surface area (Å²) >= 11 is 6.08. The molecule has 0 aliphatic heterocycles. The van der Waals surface area contributed by atoms with Crippen LogP contribution in [0.4, 0.5) is 10.1 Å². The quantitative estimate of drug-likeness (QED) is 0.248. The summed E-state index contributed by atoms with van der Waals surface area (Å²) < 4.78 is 42.6. The van der Waals surface area contributed by atoms with Crippen molar-refractivity contribution >= 4 is 39.1 Å². The Balaban J connectivity index is 1.77. The molecule has 4 aromatic carbocycles. The summed E-state index contributed by atoms with van der Waals surface area (Å²) in [6.45, 7) is 1.19. The van der Waals surface area contributed by atoms with E-state index < -0.39 is 40.2 Å². The van der Waals surface area contributed by atoms with Crippen molar-refractivity contribution in [3.8, 4) is 0 Å². The molecule has 0 heterocycles. The summed E-state index contributed by atoms with van der Waals surface area (Å²) in [6.07, 6.45) is 0.180. The second kappa shape index (κ2) is 13.6. The highest BCUT2D eigenvalue weighted by Gasteiger charge is 2.34. The first-order chi connectivity index (χ1) is 20.1. The lowest BCUT2D eigenvalue weighted by Gasteiger charge is -2.33. The molecule has 0 spiro atoms. The minimum absolute atomic E-state index is 0.00747. The van der Waals surface area contributed by atoms with E-state index >= 15 is 0 Å². The highest BCUT2D eigenvalue weighted by molar-refractivity contribution is 7.92. The summed E-state index contributed by atoms with van der Waals surface area (Å²) in [7, 11) is -2.73. The molecule has 218 valence electrons. The second-order valence-corrected chi connectivity index (χ2v) is 12.1. The van der Waals surface area contributed by atoms with Crippen LogP contribution in [-0.4, -0.2) is 44.8 Å². The molecule has 42 heavy (non-hydrogen) atoms. The maximum Gasteiger partial charge on any atom is 0.264 e. The Kier molecular flexibility index (Phi) is 9.98. The van der Waals surface area contributed by atoms with E-state index in [4.69, 9.17) is 11.6 Å². The number of hydrogen-bond acceptors (Lipinski definition) is 4. The van der Waals surface area contributed by atoms with E-state index in [0.29, 0.717) is 10.6 Å². The van der Waals surface area contributed by atoms with E-state index in [1.807, 2.05) is 37.3 Å². The van der Waals surface area contributed by atoms with Gasteiger partial charge in [0.2, 0.25) is 11.8 Å². The molecule has 0 saturated carbocycles. The van der Waals surface area contributed by atoms with Gasteiger partial charge in [-0.15, -0.1) is 0 Å². The fourth-order valence-corrected chi connectivity index (χ4v) is 6.02. The SMILES string of the molecule is CNC(=O)C(Cc1ccccc1)N(Cc1ccc(F)cc1)C(=O)CN(c1ccc(Cl)cc1)S(=O)(=O)c1ccc(C)cc1. The number of nitrogens with zero attached hydrogens (tertiary/aromatic N) is 2. The number of hydrogen-bond donors (Lipinski definition) is 1. The van der Waals surface area contributed by atoms with Crippen LogP contribution in [0, 0.1) is 12.7 Å². The van der Waals surface area contributed by atoms with Crippen molar-refractivity contribution in [3.05, 3.63) is 131 Å². The molecule has 0 saturated heterocycles. The number of halogens is 2. The van der Waals surface area contributed by atoms with E-state index in [1.54, 1.807) is 12.1 Å². The van der Waals surface area contributed by atoms with Crippen LogP contribution in [0.1, 0.15) is 16.7 Å². The Hall–Kier alpha value is -4.21. The Morgan fingerprint density at radius 1 is 0.857 bits per heavy atom. The fourth-order valence-electron chi connectivity index (χ4n) is 4.48. The van der Waals surface area contributed by atoms with Crippen molar-refractivity contribution in [2.75, 3.05) is 17.9 Å². The highest BCUT2D eigenvalue weighted by atomic mass is 35.5. The van der Waals surface area contributed by atoms with Crippen LogP contribution in [-0.2, 0) is 32.6 Å². The minimum atomic E-state index is -4.21. The second-order valence-electron chi connectivity index (χ2n) is 9.77. The lowest BCUT2D eigenvalue weighted by atomic mass is 10.0. The lowest BCUT2D eigenvalue weighted by molar-refractivity contribution is -0.139. The zero-order chi connectivity index (χ0) is 30.3. The van der Waals surface area contributed by atoms with Crippen molar-refractivity contribution in [2.45, 2.75) is 30.8 Å². The van der Waals surface area contributed by atoms with Crippen LogP contribution < -0.4 is 9.62 Å². The summed E-state index contributed by atoms with van der Waals surface area (Å²) in [5, 5.41) is 3.03. The molecule has 0 aromatic heterocycles. The van der Waals surface area contributed by atoms with Crippen LogP contribution >= 0.6 is 11.6 Å². The van der Waals surface area contributed by atoms with Crippen LogP contribution in [0.25, 0.3) is 0 Å². The predicted octanol–water partition coefficient (Wildman–Crippen LogP) is 5.37. The van der Waals surface area contributed by atoms with Gasteiger partial charge in [0.05, 0.1) is 10.6 Å². The predicted molar refractivity (Wildman–Crippen MR) is 162 cm³/mol. The molecule has 1 atom stereocenters. The molecule has 4 rings (SSSR count). The number of likely N-dealkylation sites (N-methyl/N-ethyl adjacent to an activating group) is 1. The molecular weight excluding hydrogens is 577 g/mol. The van der Waals surface area contributed by atoms with Crippen molar-refractivity contribution in [1.82, 2.24) is 10.2 Å². The monoisotopic (exact) mass is 607 g/mol. The lowest BCUT2D eigenvalue weighted by Crippen LogP contribution is -2.53. The number of carbonyl (C=O) groups excluding carboxylic acids is 2. The van der Waals surface area contributed by atoms with E-state index in [1.165, 1.54) is 72.6 Å². The highest BCUT2D eigenvalue weighted by Crippen LogP contribution is 2.26. The maximum absolute atomic E-state index is 14.2. The average molecular weight is 608 g/mol. The van der Waals surface area contributed by atoms with Crippen molar-refractivity contribution in [2.24, 2.45) is 0 Å². The number of rotatable bonds is 11. The van der Waals surface area contributed by atoms with E-state index in [9.17, 15) is 22.4 Å². The van der Waals surface area contributed by atoms with Gasteiger partial charge < -0.3 is 10.2 Å². The van der Waals surface area contributed by atoms with Gasteiger partial charge in [-0.05, 0) is 66.6 Å². The van der Waals surface area contributed by atoms with Gasteiger partial charge in [0.25, 0.3) is 10.0 Å². The number of amides is 2. The van der Waals surface area contributed by atoms with Crippen LogP contribution in [0.15, 0.2) is 108 Å². The number of nitrogens with one attached hydrogen (secondary N) is 1. The van der Waals surface area contributed by atoms with Crippen LogP contribution in [0.3, 0.4) is 0 Å². The molecule has 0 fully saturated rings. The Bertz CT molecular complexity index is 1620. The molecule has 0 aliphatic carbocycles. The van der Waals surface area contributed by atoms with Crippen LogP contribution in [0.2, 0.25) is 5.02 Å². The van der Waals surface area contributed by atoms with Gasteiger partial charge >= 0.3 is 0 Å². The third-order valence-corrected chi connectivity index (χ3v) is 8.83. The Morgan fingerprint density at radius 2 is 1.48 bits per heavy atom. The van der Waals surface area contributed by atoms with Gasteiger partial charge in [0.1, 0.15) is 18.4 Å². The van der Waals surface area contributed by atoms with E-state index in [0.717, 1.165) is 15.4 Å². The largest absolute Gasteiger partial charge is 0.357 e. The van der Waals surface area contributed by atoms with Crippen molar-refractivity contribution in [3.63, 3.8) is 0 Å². The van der Waals surface area contributed by atoms with Gasteiger partial charge in [-0.25, -0.2) is 12.8 Å². The normalized spacial score (nSPS) is 11.9. The average Bonchev–Trinajstić information content (AvgIpc) is 2.99. The van der Waals surface area contributed by atoms with Gasteiger partial charge in [0.15, 0.2) is 0 Å². The summed E-state index contributed by atoms with van der Waals surface area (Å²) in [6, 6.07) is 26.3. The standard InChI is InChI=1S/C32H31ClFN3O4S/c1-23-8-18-29(19-9-23)42(40,41)37(28-16-12-26(33)13-17-28)22-31(38)36(21-25-10-14-27(34)15-11-25)30(32(39)35-2)20-24-6-4-3-5-7-24/h3-19,30H,20-22H2,1-2H3,(H,35,39). The fraction of sp³-hybridized carbons (Fsp3) is 0.188. The maximum atomic E-state index is 14.2. The topological polar surface area (TPSA) is 86.8 Å². The van der Waals surface area contributed by atoms with E-state index in [-0.39, 0.29) is 23.5 Å². The number of sulfonamides is 1. The third-order valence-electron chi connectivity index (χ3n) is 6.79. The van der Waals surface area contributed by atoms with Gasteiger partial charge in [-0.3, -0.25) is 13.9 Å². The van der Waals surface area contributed by atoms with Crippen molar-refractivity contribution < 1.29 is 22.4 Å². The van der Waals surface area contributed by atoms with Crippen LogP contribution in [0.5, 0.6) is 0 Å². The smallest absolute Gasteiger partial charge is 0.264 e. The number of anilines is 1. The van der Waals surface area contributed by atoms with Gasteiger partial charge in [0, 0.05) is 25.0 Å². The molecule has 1 unspecified atom stereocenters. The molecule has 4 aromatic rings. The molecule has 0 bridgehead atoms. The molecule has 1 N–H and O–H groups in total. The number of aryl methyl sites for hydroxylation is 1. The summed E-state index contributed by atoms with van der Waals surface area (Å²) in [4.78, 5) is 28.8. The first-order valence-corrected chi connectivity index (χ1v) is 15.0. The van der Waals surface area contributed by atoms with Crippen molar-refractivity contribution in [1.29, 1.82) is 0 Å². The van der Waals surface area contributed by atoms with Gasteiger partial charge in [-0.1, -0.05) is 71.8 Å². The molecule has 0 radical (unpaired) electrons. The first kappa shape index (κ1) is 30.7. The number of carbonyl (C=O) groups is 2. The first-order valence-electron chi connectivity index (χ1n) is 13.2. The third kappa shape index (κ3) is 7.54. The summed E-state index contributed by atoms with van der Waals surface area (Å²) in [5.41, 5.74) is 2.49.